The summed E-state index contributed by atoms with van der Waals surface area (Å²) < 4.78 is 22.7. The molecule has 0 radical (unpaired) electrons. The Morgan fingerprint density at radius 2 is 2.03 bits per heavy atom. The summed E-state index contributed by atoms with van der Waals surface area (Å²) in [6.45, 7) is 6.33. The lowest BCUT2D eigenvalue weighted by Gasteiger charge is -2.33. The topological polar surface area (TPSA) is 125 Å². The minimum Gasteiger partial charge on any atom is -0.459 e. The molecule has 0 saturated heterocycles. The largest absolute Gasteiger partial charge is 0.459 e. The van der Waals surface area contributed by atoms with Gasteiger partial charge in [0.1, 0.15) is 11.9 Å². The van der Waals surface area contributed by atoms with Gasteiger partial charge >= 0.3 is 5.97 Å². The Labute approximate surface area is 205 Å². The highest BCUT2D eigenvalue weighted by molar-refractivity contribution is 5.99. The first kappa shape index (κ1) is 25.2. The average molecular weight is 486 g/mol. The number of rotatable bonds is 7. The van der Waals surface area contributed by atoms with Crippen molar-refractivity contribution < 1.29 is 18.7 Å². The molecule has 2 atom stereocenters. The maximum Gasteiger partial charge on any atom is 0.320 e. The molecule has 190 valence electrons. The van der Waals surface area contributed by atoms with Gasteiger partial charge in [-0.1, -0.05) is 27.2 Å². The molecule has 2 aliphatic carbocycles. The molecule has 2 aliphatic rings. The highest BCUT2D eigenvalue weighted by Gasteiger charge is 2.33. The second-order valence-electron chi connectivity index (χ2n) is 10.5. The summed E-state index contributed by atoms with van der Waals surface area (Å²) in [4.78, 5) is 24.1. The normalized spacial score (nSPS) is 21.3. The molecule has 0 bridgehead atoms. The van der Waals surface area contributed by atoms with Crippen LogP contribution in [-0.4, -0.2) is 40.3 Å². The second kappa shape index (κ2) is 9.97. The molecule has 0 aliphatic heterocycles. The standard InChI is InChI=1S/C26H36FN5O3/c1-4-18-16-9-10-26(2,3)13-21(16)32(31-18)15-11-17(27)24(25(29)34)20(12-15)30-19-7-5-6-8-22(19)35-23(33)14-28/h11-12,19,22,30H,4-10,13-14,28H2,1-3H3,(H2,29,34)/t19-,22-/m0/s1. The van der Waals surface area contributed by atoms with Crippen molar-refractivity contribution in [1.82, 2.24) is 9.78 Å². The van der Waals surface area contributed by atoms with Crippen LogP contribution in [0.15, 0.2) is 12.1 Å². The number of fused-ring (bicyclic) bond motifs is 1. The molecule has 0 spiro atoms. The molecule has 1 fully saturated rings. The van der Waals surface area contributed by atoms with Crippen molar-refractivity contribution in [2.75, 3.05) is 11.9 Å². The number of carbonyl (C=O) groups is 2. The van der Waals surface area contributed by atoms with Gasteiger partial charge in [-0.05, 0) is 62.0 Å². The van der Waals surface area contributed by atoms with E-state index in [4.69, 9.17) is 21.3 Å². The average Bonchev–Trinajstić information content (AvgIpc) is 3.16. The van der Waals surface area contributed by atoms with Gasteiger partial charge in [-0.2, -0.15) is 5.10 Å². The van der Waals surface area contributed by atoms with Crippen LogP contribution in [0.4, 0.5) is 10.1 Å². The third-order valence-corrected chi connectivity index (χ3v) is 7.26. The minimum atomic E-state index is -0.860. The minimum absolute atomic E-state index is 0.116. The van der Waals surface area contributed by atoms with E-state index in [0.29, 0.717) is 18.5 Å². The van der Waals surface area contributed by atoms with Gasteiger partial charge < -0.3 is 21.5 Å². The summed E-state index contributed by atoms with van der Waals surface area (Å²) in [6.07, 6.45) is 6.42. The molecule has 5 N–H and O–H groups in total. The number of nitrogens with zero attached hydrogens (tertiary/aromatic N) is 2. The van der Waals surface area contributed by atoms with Crippen LogP contribution in [0.2, 0.25) is 0 Å². The van der Waals surface area contributed by atoms with Gasteiger partial charge in [0, 0.05) is 11.8 Å². The van der Waals surface area contributed by atoms with Crippen molar-refractivity contribution in [2.24, 2.45) is 16.9 Å². The molecule has 4 rings (SSSR count). The van der Waals surface area contributed by atoms with Crippen LogP contribution in [-0.2, 0) is 28.8 Å². The monoisotopic (exact) mass is 485 g/mol. The van der Waals surface area contributed by atoms with Gasteiger partial charge in [-0.3, -0.25) is 9.59 Å². The fourth-order valence-electron chi connectivity index (χ4n) is 5.41. The number of primary amides is 1. The number of esters is 1. The summed E-state index contributed by atoms with van der Waals surface area (Å²) in [7, 11) is 0. The van der Waals surface area contributed by atoms with Crippen molar-refractivity contribution in [2.45, 2.75) is 84.3 Å². The Morgan fingerprint density at radius 3 is 2.71 bits per heavy atom. The molecule has 2 aromatic rings. The number of anilines is 1. The zero-order chi connectivity index (χ0) is 25.3. The maximum absolute atomic E-state index is 15.4. The SMILES string of the molecule is CCc1nn(-c2cc(F)c(C(N)=O)c(N[C@H]3CCCC[C@@H]3OC(=O)CN)c2)c2c1CCC(C)(C)C2. The lowest BCUT2D eigenvalue weighted by molar-refractivity contribution is -0.149. The molecular weight excluding hydrogens is 449 g/mol. The fourth-order valence-corrected chi connectivity index (χ4v) is 5.41. The molecule has 1 heterocycles. The van der Waals surface area contributed by atoms with Crippen LogP contribution >= 0.6 is 0 Å². The summed E-state index contributed by atoms with van der Waals surface area (Å²) in [6, 6.07) is 2.77. The Morgan fingerprint density at radius 1 is 1.29 bits per heavy atom. The Bertz CT molecular complexity index is 1130. The van der Waals surface area contributed by atoms with Crippen molar-refractivity contribution in [3.05, 3.63) is 40.5 Å². The fraction of sp³-hybridized carbons (Fsp3) is 0.577. The number of aryl methyl sites for hydroxylation is 1. The number of aromatic nitrogens is 2. The zero-order valence-electron chi connectivity index (χ0n) is 20.8. The first-order valence-corrected chi connectivity index (χ1v) is 12.5. The van der Waals surface area contributed by atoms with E-state index >= 15 is 4.39 Å². The van der Waals surface area contributed by atoms with Gasteiger partial charge in [0.2, 0.25) is 0 Å². The number of nitrogens with one attached hydrogen (secondary N) is 1. The predicted octanol–water partition coefficient (Wildman–Crippen LogP) is 3.41. The molecule has 1 aromatic heterocycles. The maximum atomic E-state index is 15.4. The van der Waals surface area contributed by atoms with E-state index in [1.165, 1.54) is 11.6 Å². The smallest absolute Gasteiger partial charge is 0.320 e. The van der Waals surface area contributed by atoms with Crippen molar-refractivity contribution in [1.29, 1.82) is 0 Å². The summed E-state index contributed by atoms with van der Waals surface area (Å²) in [5.41, 5.74) is 15.1. The van der Waals surface area contributed by atoms with E-state index in [-0.39, 0.29) is 29.3 Å². The highest BCUT2D eigenvalue weighted by Crippen LogP contribution is 2.38. The van der Waals surface area contributed by atoms with Gasteiger partial charge in [0.25, 0.3) is 5.91 Å². The molecule has 1 aromatic carbocycles. The summed E-state index contributed by atoms with van der Waals surface area (Å²) >= 11 is 0. The van der Waals surface area contributed by atoms with Gasteiger partial charge in [0.15, 0.2) is 0 Å². The van der Waals surface area contributed by atoms with Crippen LogP contribution in [0.5, 0.6) is 0 Å². The number of benzene rings is 1. The van der Waals surface area contributed by atoms with Crippen LogP contribution in [0, 0.1) is 11.2 Å². The van der Waals surface area contributed by atoms with E-state index < -0.39 is 23.8 Å². The molecule has 9 heteroatoms. The number of amides is 1. The van der Waals surface area contributed by atoms with Crippen molar-refractivity contribution >= 4 is 17.6 Å². The molecule has 35 heavy (non-hydrogen) atoms. The molecule has 8 nitrogen and oxygen atoms in total. The highest BCUT2D eigenvalue weighted by atomic mass is 19.1. The Balaban J connectivity index is 1.76. The second-order valence-corrected chi connectivity index (χ2v) is 10.5. The predicted molar refractivity (Wildman–Crippen MR) is 132 cm³/mol. The van der Waals surface area contributed by atoms with Gasteiger partial charge in [-0.25, -0.2) is 9.07 Å². The van der Waals surface area contributed by atoms with Crippen molar-refractivity contribution in [3.63, 3.8) is 0 Å². The van der Waals surface area contributed by atoms with Gasteiger partial charge in [-0.15, -0.1) is 0 Å². The van der Waals surface area contributed by atoms with E-state index in [1.807, 2.05) is 4.68 Å². The van der Waals surface area contributed by atoms with Crippen LogP contribution in [0.3, 0.4) is 0 Å². The molecule has 1 amide bonds. The zero-order valence-corrected chi connectivity index (χ0v) is 20.8. The molecular formula is C26H36FN5O3. The first-order valence-electron chi connectivity index (χ1n) is 12.5. The summed E-state index contributed by atoms with van der Waals surface area (Å²) in [5, 5.41) is 8.12. The lowest BCUT2D eigenvalue weighted by atomic mass is 9.76. The van der Waals surface area contributed by atoms with Crippen LogP contribution in [0.1, 0.15) is 80.2 Å². The molecule has 1 saturated carbocycles. The molecule has 0 unspecified atom stereocenters. The number of halogens is 1. The van der Waals surface area contributed by atoms with Gasteiger partial charge in [0.05, 0.1) is 35.2 Å². The first-order chi connectivity index (χ1) is 16.6. The number of hydrogen-bond donors (Lipinski definition) is 3. The number of nitrogens with two attached hydrogens (primary N) is 2. The van der Waals surface area contributed by atoms with Crippen molar-refractivity contribution in [3.8, 4) is 5.69 Å². The Kier molecular flexibility index (Phi) is 7.17. The van der Waals surface area contributed by atoms with E-state index in [0.717, 1.165) is 49.9 Å². The number of hydrogen-bond acceptors (Lipinski definition) is 6. The van der Waals surface area contributed by atoms with E-state index in [1.54, 1.807) is 6.07 Å². The van der Waals surface area contributed by atoms with Crippen LogP contribution < -0.4 is 16.8 Å². The quantitative estimate of drug-likeness (QED) is 0.516. The number of ether oxygens (including phenoxy) is 1. The third kappa shape index (κ3) is 5.19. The number of carbonyl (C=O) groups excluding carboxylic acids is 2. The van der Waals surface area contributed by atoms with E-state index in [9.17, 15) is 9.59 Å². The third-order valence-electron chi connectivity index (χ3n) is 7.26. The summed E-state index contributed by atoms with van der Waals surface area (Å²) in [5.74, 6) is -2.06. The van der Waals surface area contributed by atoms with Crippen LogP contribution in [0.25, 0.3) is 5.69 Å². The van der Waals surface area contributed by atoms with E-state index in [2.05, 4.69) is 26.1 Å². The lowest BCUT2D eigenvalue weighted by Crippen LogP contribution is -2.41. The Hall–Kier alpha value is -2.94.